The Bertz CT molecular complexity index is 410. The molecule has 3 atom stereocenters. The number of fused-ring (bicyclic) bond motifs is 1. The lowest BCUT2D eigenvalue weighted by atomic mass is 10.0. The molecule has 0 aliphatic carbocycles. The van der Waals surface area contributed by atoms with E-state index in [0.717, 1.165) is 17.3 Å². The minimum Gasteiger partial charge on any atom is -0.316 e. The summed E-state index contributed by atoms with van der Waals surface area (Å²) < 4.78 is 0. The van der Waals surface area contributed by atoms with Gasteiger partial charge in [-0.05, 0) is 24.3 Å². The van der Waals surface area contributed by atoms with Crippen molar-refractivity contribution in [1.29, 1.82) is 0 Å². The fraction of sp³-hybridized carbons (Fsp3) is 0.455. The lowest BCUT2D eigenvalue weighted by molar-refractivity contribution is 0.0945. The third kappa shape index (κ3) is 2.31. The Morgan fingerprint density at radius 3 is 2.89 bits per heavy atom. The molecule has 0 radical (unpaired) electrons. The zero-order valence-electron chi connectivity index (χ0n) is 9.86. The smallest absolute Gasteiger partial charge is 0.0840 e. The van der Waals surface area contributed by atoms with Crippen molar-refractivity contribution in [2.75, 3.05) is 18.6 Å². The van der Waals surface area contributed by atoms with E-state index < -0.39 is 0 Å². The Balaban J connectivity index is 1.67. The molecule has 6 N–H and O–H groups in total. The van der Waals surface area contributed by atoms with Crippen LogP contribution in [0.3, 0.4) is 0 Å². The highest BCUT2D eigenvalue weighted by Crippen LogP contribution is 2.19. The van der Waals surface area contributed by atoms with Gasteiger partial charge in [-0.3, -0.25) is 10.7 Å². The summed E-state index contributed by atoms with van der Waals surface area (Å²) in [5, 5.41) is 6.10. The second-order valence-electron chi connectivity index (χ2n) is 4.61. The van der Waals surface area contributed by atoms with Crippen molar-refractivity contribution in [2.45, 2.75) is 12.3 Å². The number of halogens is 1. The summed E-state index contributed by atoms with van der Waals surface area (Å²) in [6.07, 6.45) is 0.192. The Labute approximate surface area is 111 Å². The van der Waals surface area contributed by atoms with Gasteiger partial charge in [-0.15, -0.1) is 0 Å². The molecule has 7 heteroatoms. The highest BCUT2D eigenvalue weighted by molar-refractivity contribution is 6.30. The molecular formula is C11H17ClN6. The van der Waals surface area contributed by atoms with Gasteiger partial charge >= 0.3 is 0 Å². The average Bonchev–Trinajstić information content (AvgIpc) is 2.84. The maximum Gasteiger partial charge on any atom is 0.0840 e. The van der Waals surface area contributed by atoms with E-state index in [-0.39, 0.29) is 12.3 Å². The molecule has 2 aliphatic rings. The largest absolute Gasteiger partial charge is 0.316 e. The SMILES string of the molecule is NC1C2CNNC2NCN1Nc1ccc(Cl)cc1. The maximum atomic E-state index is 6.26. The Kier molecular flexibility index (Phi) is 3.38. The van der Waals surface area contributed by atoms with Crippen molar-refractivity contribution in [3.63, 3.8) is 0 Å². The second-order valence-corrected chi connectivity index (χ2v) is 5.04. The lowest BCUT2D eigenvalue weighted by Gasteiger charge is -2.40. The molecule has 3 rings (SSSR count). The third-order valence-corrected chi connectivity index (χ3v) is 3.67. The van der Waals surface area contributed by atoms with Crippen LogP contribution in [0, 0.1) is 5.92 Å². The summed E-state index contributed by atoms with van der Waals surface area (Å²) in [6.45, 7) is 1.54. The van der Waals surface area contributed by atoms with Crippen molar-refractivity contribution >= 4 is 17.3 Å². The van der Waals surface area contributed by atoms with Gasteiger partial charge in [0.25, 0.3) is 0 Å². The van der Waals surface area contributed by atoms with Gasteiger partial charge in [-0.1, -0.05) is 11.6 Å². The van der Waals surface area contributed by atoms with E-state index in [4.69, 9.17) is 17.3 Å². The van der Waals surface area contributed by atoms with Crippen LogP contribution in [0.25, 0.3) is 0 Å². The van der Waals surface area contributed by atoms with Crippen LogP contribution in [0.1, 0.15) is 0 Å². The maximum absolute atomic E-state index is 6.26. The first-order valence-electron chi connectivity index (χ1n) is 6.00. The summed E-state index contributed by atoms with van der Waals surface area (Å²) >= 11 is 5.86. The summed E-state index contributed by atoms with van der Waals surface area (Å²) in [5.41, 5.74) is 16.8. The van der Waals surface area contributed by atoms with Gasteiger partial charge in [0.05, 0.1) is 19.0 Å². The van der Waals surface area contributed by atoms with Crippen LogP contribution in [0.15, 0.2) is 24.3 Å². The molecule has 1 aromatic rings. The zero-order valence-corrected chi connectivity index (χ0v) is 10.6. The lowest BCUT2D eigenvalue weighted by Crippen LogP contribution is -2.65. The Hall–Kier alpha value is -0.890. The summed E-state index contributed by atoms with van der Waals surface area (Å²) in [5.74, 6) is 0.332. The predicted octanol–water partition coefficient (Wildman–Crippen LogP) is -0.135. The average molecular weight is 269 g/mol. The van der Waals surface area contributed by atoms with Gasteiger partial charge in [-0.25, -0.2) is 5.43 Å². The molecule has 1 aromatic carbocycles. The predicted molar refractivity (Wildman–Crippen MR) is 71.3 cm³/mol. The molecule has 2 fully saturated rings. The van der Waals surface area contributed by atoms with Crippen LogP contribution in [-0.4, -0.2) is 30.6 Å². The third-order valence-electron chi connectivity index (χ3n) is 3.42. The number of benzene rings is 1. The van der Waals surface area contributed by atoms with Crippen LogP contribution < -0.4 is 27.3 Å². The standard InChI is InChI=1S/C11H17ClN6/c12-7-1-3-8(4-2-7)17-18-6-14-11-9(10(18)13)5-15-16-11/h1-4,9-11,14-17H,5-6,13H2. The van der Waals surface area contributed by atoms with Crippen LogP contribution in [0.2, 0.25) is 5.02 Å². The van der Waals surface area contributed by atoms with Crippen LogP contribution >= 0.6 is 11.6 Å². The monoisotopic (exact) mass is 268 g/mol. The van der Waals surface area contributed by atoms with Crippen molar-refractivity contribution in [3.05, 3.63) is 29.3 Å². The molecule has 98 valence electrons. The Morgan fingerprint density at radius 1 is 1.33 bits per heavy atom. The number of hydrogen-bond acceptors (Lipinski definition) is 6. The van der Waals surface area contributed by atoms with Gasteiger partial charge < -0.3 is 11.2 Å². The molecule has 0 bridgehead atoms. The molecule has 0 spiro atoms. The fourth-order valence-corrected chi connectivity index (χ4v) is 2.50. The Morgan fingerprint density at radius 2 is 2.11 bits per heavy atom. The van der Waals surface area contributed by atoms with E-state index >= 15 is 0 Å². The van der Waals surface area contributed by atoms with E-state index in [1.165, 1.54) is 0 Å². The number of rotatable bonds is 2. The minimum atomic E-state index is -0.0468. The summed E-state index contributed by atoms with van der Waals surface area (Å²) in [6, 6.07) is 7.58. The zero-order chi connectivity index (χ0) is 12.5. The van der Waals surface area contributed by atoms with Crippen molar-refractivity contribution in [1.82, 2.24) is 21.2 Å². The molecule has 3 unspecified atom stereocenters. The van der Waals surface area contributed by atoms with Crippen molar-refractivity contribution < 1.29 is 0 Å². The normalized spacial score (nSPS) is 32.2. The first-order chi connectivity index (χ1) is 8.74. The first-order valence-corrected chi connectivity index (χ1v) is 6.38. The molecule has 0 saturated carbocycles. The van der Waals surface area contributed by atoms with Crippen molar-refractivity contribution in [3.8, 4) is 0 Å². The summed E-state index contributed by atoms with van der Waals surface area (Å²) in [4.78, 5) is 0. The molecule has 0 amide bonds. The quantitative estimate of drug-likeness (QED) is 0.514. The van der Waals surface area contributed by atoms with Crippen LogP contribution in [-0.2, 0) is 0 Å². The minimum absolute atomic E-state index is 0.0468. The topological polar surface area (TPSA) is 77.4 Å². The number of anilines is 1. The van der Waals surface area contributed by atoms with E-state index in [1.54, 1.807) is 0 Å². The van der Waals surface area contributed by atoms with Crippen LogP contribution in [0.5, 0.6) is 0 Å². The molecule has 2 saturated heterocycles. The first kappa shape index (κ1) is 12.2. The summed E-state index contributed by atoms with van der Waals surface area (Å²) in [7, 11) is 0. The molecule has 6 nitrogen and oxygen atoms in total. The van der Waals surface area contributed by atoms with Crippen molar-refractivity contribution in [2.24, 2.45) is 11.7 Å². The van der Waals surface area contributed by atoms with Gasteiger partial charge in [0.2, 0.25) is 0 Å². The highest BCUT2D eigenvalue weighted by Gasteiger charge is 2.38. The number of nitrogens with zero attached hydrogens (tertiary/aromatic N) is 1. The van der Waals surface area contributed by atoms with Crippen LogP contribution in [0.4, 0.5) is 5.69 Å². The van der Waals surface area contributed by atoms with Gasteiger partial charge in [0.15, 0.2) is 0 Å². The van der Waals surface area contributed by atoms with E-state index in [0.29, 0.717) is 12.6 Å². The fourth-order valence-electron chi connectivity index (χ4n) is 2.37. The molecule has 2 aliphatic heterocycles. The number of hydrogen-bond donors (Lipinski definition) is 5. The number of hydrazine groups is 2. The number of nitrogens with one attached hydrogen (secondary N) is 4. The van der Waals surface area contributed by atoms with Gasteiger partial charge in [0, 0.05) is 23.2 Å². The number of nitrogens with two attached hydrogens (primary N) is 1. The van der Waals surface area contributed by atoms with E-state index in [1.807, 2.05) is 29.3 Å². The van der Waals surface area contributed by atoms with Gasteiger partial charge in [-0.2, -0.15) is 5.01 Å². The highest BCUT2D eigenvalue weighted by atomic mass is 35.5. The molecule has 0 aromatic heterocycles. The second kappa shape index (κ2) is 5.00. The molecule has 18 heavy (non-hydrogen) atoms. The van der Waals surface area contributed by atoms with Gasteiger partial charge in [0.1, 0.15) is 0 Å². The van der Waals surface area contributed by atoms with E-state index in [9.17, 15) is 0 Å². The molecule has 2 heterocycles. The van der Waals surface area contributed by atoms with E-state index in [2.05, 4.69) is 21.6 Å². The molecular weight excluding hydrogens is 252 g/mol.